The molecular formula is C8H7N3O2S. The molecule has 72 valence electrons. The van der Waals surface area contributed by atoms with Gasteiger partial charge in [0.15, 0.2) is 5.82 Å². The van der Waals surface area contributed by atoms with Gasteiger partial charge in [0.1, 0.15) is 5.69 Å². The van der Waals surface area contributed by atoms with Crippen molar-refractivity contribution in [2.75, 3.05) is 0 Å². The number of rotatable bonds is 1. The van der Waals surface area contributed by atoms with Gasteiger partial charge >= 0.3 is 0 Å². The Hall–Kier alpha value is -1.69. The molecule has 0 spiro atoms. The topological polar surface area (TPSA) is 78.9 Å². The fraction of sp³-hybridized carbons (Fsp3) is 0.125. The highest BCUT2D eigenvalue weighted by Gasteiger charge is 2.05. The predicted octanol–water partition coefficient (Wildman–Crippen LogP) is 0.907. The number of hydrogen-bond acceptors (Lipinski definition) is 5. The summed E-state index contributed by atoms with van der Waals surface area (Å²) in [7, 11) is 0. The maximum atomic E-state index is 11.0. The van der Waals surface area contributed by atoms with Crippen LogP contribution in [0.1, 0.15) is 5.01 Å². The smallest absolute Gasteiger partial charge is 0.255 e. The Morgan fingerprint density at radius 1 is 1.50 bits per heavy atom. The highest BCUT2D eigenvalue weighted by molar-refractivity contribution is 7.09. The van der Waals surface area contributed by atoms with Crippen molar-refractivity contribution >= 4 is 11.3 Å². The molecule has 2 N–H and O–H groups in total. The Morgan fingerprint density at radius 3 is 2.86 bits per heavy atom. The van der Waals surface area contributed by atoms with Gasteiger partial charge in [-0.15, -0.1) is 11.3 Å². The first-order valence-electron chi connectivity index (χ1n) is 3.88. The van der Waals surface area contributed by atoms with Gasteiger partial charge in [-0.25, -0.2) is 4.98 Å². The summed E-state index contributed by atoms with van der Waals surface area (Å²) in [6.45, 7) is 1.86. The van der Waals surface area contributed by atoms with E-state index in [0.29, 0.717) is 11.5 Å². The lowest BCUT2D eigenvalue weighted by Gasteiger charge is -1.95. The van der Waals surface area contributed by atoms with E-state index >= 15 is 0 Å². The summed E-state index contributed by atoms with van der Waals surface area (Å²) in [6, 6.07) is 1.02. The molecule has 0 radical (unpaired) electrons. The van der Waals surface area contributed by atoms with Crippen molar-refractivity contribution in [2.24, 2.45) is 0 Å². The van der Waals surface area contributed by atoms with Gasteiger partial charge < -0.3 is 10.1 Å². The van der Waals surface area contributed by atoms with Crippen molar-refractivity contribution in [3.8, 4) is 17.4 Å². The van der Waals surface area contributed by atoms with Crippen molar-refractivity contribution in [2.45, 2.75) is 6.92 Å². The summed E-state index contributed by atoms with van der Waals surface area (Å²) >= 11 is 1.46. The van der Waals surface area contributed by atoms with Gasteiger partial charge in [-0.1, -0.05) is 0 Å². The fourth-order valence-corrected chi connectivity index (χ4v) is 1.64. The van der Waals surface area contributed by atoms with Gasteiger partial charge in [-0.2, -0.15) is 4.98 Å². The van der Waals surface area contributed by atoms with Crippen LogP contribution in [0.15, 0.2) is 16.2 Å². The van der Waals surface area contributed by atoms with Crippen LogP contribution in [0.4, 0.5) is 0 Å². The number of thiazole rings is 1. The molecule has 0 saturated carbocycles. The zero-order valence-corrected chi connectivity index (χ0v) is 8.13. The van der Waals surface area contributed by atoms with E-state index in [4.69, 9.17) is 5.11 Å². The number of H-pyrrole nitrogens is 1. The minimum absolute atomic E-state index is 0.291. The molecule has 2 aromatic heterocycles. The second kappa shape index (κ2) is 3.22. The monoisotopic (exact) mass is 209 g/mol. The van der Waals surface area contributed by atoms with Crippen molar-refractivity contribution < 1.29 is 5.11 Å². The van der Waals surface area contributed by atoms with E-state index in [-0.39, 0.29) is 5.88 Å². The van der Waals surface area contributed by atoms with E-state index < -0.39 is 5.56 Å². The summed E-state index contributed by atoms with van der Waals surface area (Å²) < 4.78 is 0. The largest absolute Gasteiger partial charge is 0.493 e. The van der Waals surface area contributed by atoms with Crippen LogP contribution in [0.3, 0.4) is 0 Å². The number of hydrogen-bond donors (Lipinski definition) is 2. The van der Waals surface area contributed by atoms with Crippen LogP contribution in [0.5, 0.6) is 5.88 Å². The standard InChI is InChI=1S/C8H7N3O2S/c1-4-9-5(3-14-4)8-10-6(12)2-7(13)11-8/h2-3H,1H3,(H2,10,11,12,13). The zero-order valence-electron chi connectivity index (χ0n) is 7.31. The van der Waals surface area contributed by atoms with Crippen LogP contribution < -0.4 is 5.56 Å². The molecule has 14 heavy (non-hydrogen) atoms. The number of aromatic nitrogens is 3. The maximum Gasteiger partial charge on any atom is 0.255 e. The van der Waals surface area contributed by atoms with Crippen LogP contribution in [0.25, 0.3) is 11.5 Å². The van der Waals surface area contributed by atoms with Crippen LogP contribution in [-0.2, 0) is 0 Å². The molecule has 0 unspecified atom stereocenters. The lowest BCUT2D eigenvalue weighted by atomic mass is 10.4. The average molecular weight is 209 g/mol. The Bertz CT molecular complexity index is 517. The normalized spacial score (nSPS) is 10.4. The third-order valence-corrected chi connectivity index (χ3v) is 2.36. The Kier molecular flexibility index (Phi) is 2.05. The molecule has 0 atom stereocenters. The molecule has 6 heteroatoms. The zero-order chi connectivity index (χ0) is 10.1. The molecular weight excluding hydrogens is 202 g/mol. The molecule has 0 fully saturated rings. The van der Waals surface area contributed by atoms with Gasteiger partial charge in [-0.05, 0) is 6.92 Å². The molecule has 2 heterocycles. The third-order valence-electron chi connectivity index (χ3n) is 1.59. The molecule has 0 aliphatic carbocycles. The van der Waals surface area contributed by atoms with Gasteiger partial charge in [-0.3, -0.25) is 4.79 Å². The van der Waals surface area contributed by atoms with E-state index in [1.165, 1.54) is 11.3 Å². The molecule has 0 aliphatic heterocycles. The average Bonchev–Trinajstić information content (AvgIpc) is 2.50. The molecule has 0 aromatic carbocycles. The second-order valence-electron chi connectivity index (χ2n) is 2.70. The minimum atomic E-state index is -0.391. The first-order valence-corrected chi connectivity index (χ1v) is 4.76. The number of aromatic hydroxyl groups is 1. The molecule has 0 saturated heterocycles. The summed E-state index contributed by atoms with van der Waals surface area (Å²) in [4.78, 5) is 21.4. The number of aryl methyl sites for hydroxylation is 1. The molecule has 0 aliphatic rings. The van der Waals surface area contributed by atoms with Crippen molar-refractivity contribution in [3.05, 3.63) is 26.8 Å². The lowest BCUT2D eigenvalue weighted by molar-refractivity contribution is 0.452. The second-order valence-corrected chi connectivity index (χ2v) is 3.77. The summed E-state index contributed by atoms with van der Waals surface area (Å²) in [6.07, 6.45) is 0. The lowest BCUT2D eigenvalue weighted by Crippen LogP contribution is -2.06. The quantitative estimate of drug-likeness (QED) is 0.731. The first-order chi connectivity index (χ1) is 6.65. The number of nitrogens with one attached hydrogen (secondary N) is 1. The van der Waals surface area contributed by atoms with Crippen LogP contribution in [0.2, 0.25) is 0 Å². The first kappa shape index (κ1) is 8.89. The highest BCUT2D eigenvalue weighted by Crippen LogP contribution is 2.17. The van der Waals surface area contributed by atoms with Gasteiger partial charge in [0.25, 0.3) is 5.56 Å². The SMILES string of the molecule is Cc1nc(-c2nc(O)cc(=O)[nH]2)cs1. The number of aromatic amines is 1. The van der Waals surface area contributed by atoms with Crippen LogP contribution in [-0.4, -0.2) is 20.1 Å². The Morgan fingerprint density at radius 2 is 2.29 bits per heavy atom. The summed E-state index contributed by atoms with van der Waals surface area (Å²) in [5, 5.41) is 11.8. The summed E-state index contributed by atoms with van der Waals surface area (Å²) in [5.41, 5.74) is 0.179. The Balaban J connectivity index is 2.56. The van der Waals surface area contributed by atoms with Crippen molar-refractivity contribution in [3.63, 3.8) is 0 Å². The summed E-state index contributed by atoms with van der Waals surface area (Å²) in [5.74, 6) is -0.00578. The minimum Gasteiger partial charge on any atom is -0.493 e. The van der Waals surface area contributed by atoms with Crippen molar-refractivity contribution in [1.29, 1.82) is 0 Å². The maximum absolute atomic E-state index is 11.0. The van der Waals surface area contributed by atoms with Gasteiger partial charge in [0.05, 0.1) is 11.1 Å². The Labute approximate surface area is 83.1 Å². The highest BCUT2D eigenvalue weighted by atomic mass is 32.1. The van der Waals surface area contributed by atoms with E-state index in [2.05, 4.69) is 15.0 Å². The van der Waals surface area contributed by atoms with E-state index in [0.717, 1.165) is 11.1 Å². The molecule has 0 bridgehead atoms. The molecule has 2 rings (SSSR count). The third kappa shape index (κ3) is 1.64. The van der Waals surface area contributed by atoms with Crippen LogP contribution >= 0.6 is 11.3 Å². The predicted molar refractivity (Wildman–Crippen MR) is 52.4 cm³/mol. The van der Waals surface area contributed by atoms with Crippen LogP contribution in [0, 0.1) is 6.92 Å². The van der Waals surface area contributed by atoms with E-state index in [9.17, 15) is 4.79 Å². The van der Waals surface area contributed by atoms with E-state index in [1.807, 2.05) is 6.92 Å². The van der Waals surface area contributed by atoms with Crippen molar-refractivity contribution in [1.82, 2.24) is 15.0 Å². The fourth-order valence-electron chi connectivity index (χ4n) is 1.04. The van der Waals surface area contributed by atoms with E-state index in [1.54, 1.807) is 5.38 Å². The molecule has 0 amide bonds. The van der Waals surface area contributed by atoms with Gasteiger partial charge in [0, 0.05) is 5.38 Å². The van der Waals surface area contributed by atoms with Gasteiger partial charge in [0.2, 0.25) is 5.88 Å². The molecule has 5 nitrogen and oxygen atoms in total. The molecule has 2 aromatic rings. The number of nitrogens with zero attached hydrogens (tertiary/aromatic N) is 2.